The van der Waals surface area contributed by atoms with Crippen LogP contribution in [0.2, 0.25) is 0 Å². The molecule has 0 saturated heterocycles. The van der Waals surface area contributed by atoms with Crippen molar-refractivity contribution in [3.05, 3.63) is 54.0 Å². The highest BCUT2D eigenvalue weighted by Crippen LogP contribution is 2.16. The fourth-order valence-corrected chi connectivity index (χ4v) is 2.22. The minimum atomic E-state index is 0.225. The predicted molar refractivity (Wildman–Crippen MR) is 76.4 cm³/mol. The summed E-state index contributed by atoms with van der Waals surface area (Å²) in [6.07, 6.45) is 2.69. The van der Waals surface area contributed by atoms with Crippen LogP contribution in [0.1, 0.15) is 31.2 Å². The van der Waals surface area contributed by atoms with Crippen LogP contribution in [-0.2, 0) is 6.42 Å². The average molecular weight is 259 g/mol. The largest absolute Gasteiger partial charge is 0.497 e. The maximum Gasteiger partial charge on any atom is 0.120 e. The number of furan rings is 1. The van der Waals surface area contributed by atoms with Crippen molar-refractivity contribution in [2.24, 2.45) is 0 Å². The van der Waals surface area contributed by atoms with E-state index in [1.54, 1.807) is 13.4 Å². The highest BCUT2D eigenvalue weighted by Gasteiger charge is 2.11. The molecule has 2 rings (SSSR count). The molecule has 1 N–H and O–H groups in total. The molecule has 0 bridgehead atoms. The van der Waals surface area contributed by atoms with Gasteiger partial charge in [0.25, 0.3) is 0 Å². The molecule has 1 aromatic carbocycles. The summed E-state index contributed by atoms with van der Waals surface area (Å²) < 4.78 is 10.6. The topological polar surface area (TPSA) is 34.4 Å². The lowest BCUT2D eigenvalue weighted by atomic mass is 10.1. The van der Waals surface area contributed by atoms with Gasteiger partial charge in [0.05, 0.1) is 19.4 Å². The van der Waals surface area contributed by atoms with Crippen molar-refractivity contribution in [2.75, 3.05) is 7.11 Å². The molecule has 102 valence electrons. The molecule has 0 radical (unpaired) electrons. The third kappa shape index (κ3) is 3.86. The van der Waals surface area contributed by atoms with Crippen molar-refractivity contribution in [2.45, 2.75) is 32.4 Å². The summed E-state index contributed by atoms with van der Waals surface area (Å²) in [4.78, 5) is 0. The van der Waals surface area contributed by atoms with E-state index in [9.17, 15) is 0 Å². The van der Waals surface area contributed by atoms with Crippen molar-refractivity contribution in [3.63, 3.8) is 0 Å². The summed E-state index contributed by atoms with van der Waals surface area (Å²) in [7, 11) is 1.68. The van der Waals surface area contributed by atoms with Gasteiger partial charge in [-0.25, -0.2) is 0 Å². The van der Waals surface area contributed by atoms with E-state index in [0.717, 1.165) is 17.9 Å². The van der Waals surface area contributed by atoms with Gasteiger partial charge in [0.2, 0.25) is 0 Å². The minimum Gasteiger partial charge on any atom is -0.497 e. The molecule has 0 fully saturated rings. The quantitative estimate of drug-likeness (QED) is 0.861. The maximum absolute atomic E-state index is 5.40. The first-order valence-electron chi connectivity index (χ1n) is 6.61. The zero-order valence-electron chi connectivity index (χ0n) is 11.7. The van der Waals surface area contributed by atoms with Crippen LogP contribution in [0.3, 0.4) is 0 Å². The van der Waals surface area contributed by atoms with Gasteiger partial charge in [0.15, 0.2) is 0 Å². The zero-order chi connectivity index (χ0) is 13.7. The van der Waals surface area contributed by atoms with E-state index < -0.39 is 0 Å². The maximum atomic E-state index is 5.40. The Bertz CT molecular complexity index is 476. The molecule has 0 amide bonds. The number of hydrogen-bond acceptors (Lipinski definition) is 3. The molecule has 2 atom stereocenters. The number of hydrogen-bond donors (Lipinski definition) is 1. The van der Waals surface area contributed by atoms with Gasteiger partial charge in [0.1, 0.15) is 11.5 Å². The monoisotopic (exact) mass is 259 g/mol. The molecule has 19 heavy (non-hydrogen) atoms. The second-order valence-electron chi connectivity index (χ2n) is 4.86. The van der Waals surface area contributed by atoms with Gasteiger partial charge >= 0.3 is 0 Å². The summed E-state index contributed by atoms with van der Waals surface area (Å²) in [5.41, 5.74) is 1.30. The fraction of sp³-hybridized carbons (Fsp3) is 0.375. The molecular formula is C16H21NO2. The first-order valence-corrected chi connectivity index (χ1v) is 6.61. The smallest absolute Gasteiger partial charge is 0.120 e. The molecule has 3 heteroatoms. The highest BCUT2D eigenvalue weighted by atomic mass is 16.5. The summed E-state index contributed by atoms with van der Waals surface area (Å²) in [5, 5.41) is 3.53. The molecular weight excluding hydrogens is 238 g/mol. The van der Waals surface area contributed by atoms with Gasteiger partial charge in [-0.15, -0.1) is 0 Å². The van der Waals surface area contributed by atoms with Crippen LogP contribution in [0.4, 0.5) is 0 Å². The number of methoxy groups -OCH3 is 1. The Labute approximate surface area is 114 Å². The SMILES string of the molecule is COc1ccc(CC(C)N[C@H](C)c2ccco2)cc1. The van der Waals surface area contributed by atoms with Crippen LogP contribution in [0.5, 0.6) is 5.75 Å². The van der Waals surface area contributed by atoms with Gasteiger partial charge in [-0.1, -0.05) is 12.1 Å². The summed E-state index contributed by atoms with van der Waals surface area (Å²) >= 11 is 0. The Morgan fingerprint density at radius 2 is 1.89 bits per heavy atom. The second-order valence-corrected chi connectivity index (χ2v) is 4.86. The van der Waals surface area contributed by atoms with E-state index in [0.29, 0.717) is 6.04 Å². The third-order valence-corrected chi connectivity index (χ3v) is 3.21. The van der Waals surface area contributed by atoms with Crippen LogP contribution in [0.25, 0.3) is 0 Å². The van der Waals surface area contributed by atoms with Crippen molar-refractivity contribution in [1.29, 1.82) is 0 Å². The number of rotatable bonds is 6. The Balaban J connectivity index is 1.88. The van der Waals surface area contributed by atoms with Gasteiger partial charge < -0.3 is 14.5 Å². The molecule has 1 unspecified atom stereocenters. The lowest BCUT2D eigenvalue weighted by Gasteiger charge is -2.18. The number of nitrogens with one attached hydrogen (secondary N) is 1. The summed E-state index contributed by atoms with van der Waals surface area (Å²) in [6.45, 7) is 4.30. The summed E-state index contributed by atoms with van der Waals surface area (Å²) in [6, 6.07) is 12.7. The fourth-order valence-electron chi connectivity index (χ4n) is 2.22. The van der Waals surface area contributed by atoms with Crippen LogP contribution in [0.15, 0.2) is 47.1 Å². The van der Waals surface area contributed by atoms with E-state index in [1.165, 1.54) is 5.56 Å². The molecule has 1 aromatic heterocycles. The predicted octanol–water partition coefficient (Wildman–Crippen LogP) is 3.57. The van der Waals surface area contributed by atoms with Gasteiger partial charge in [-0.05, 0) is 50.1 Å². The molecule has 0 aliphatic heterocycles. The average Bonchev–Trinajstić information content (AvgIpc) is 2.93. The normalized spacial score (nSPS) is 14.1. The molecule has 3 nitrogen and oxygen atoms in total. The second kappa shape index (κ2) is 6.43. The van der Waals surface area contributed by atoms with Gasteiger partial charge in [-0.2, -0.15) is 0 Å². The standard InChI is InChI=1S/C16H21NO2/c1-12(17-13(2)16-5-4-10-19-16)11-14-6-8-15(18-3)9-7-14/h4-10,12-13,17H,11H2,1-3H3/t12?,13-/m1/s1. The minimum absolute atomic E-state index is 0.225. The Hall–Kier alpha value is -1.74. The van der Waals surface area contributed by atoms with E-state index in [2.05, 4.69) is 31.3 Å². The first kappa shape index (κ1) is 13.7. The van der Waals surface area contributed by atoms with Gasteiger partial charge in [0, 0.05) is 6.04 Å². The third-order valence-electron chi connectivity index (χ3n) is 3.21. The lowest BCUT2D eigenvalue weighted by molar-refractivity contribution is 0.396. The Kier molecular flexibility index (Phi) is 4.63. The Morgan fingerprint density at radius 3 is 2.47 bits per heavy atom. The van der Waals surface area contributed by atoms with Crippen molar-refractivity contribution in [3.8, 4) is 5.75 Å². The van der Waals surface area contributed by atoms with Crippen LogP contribution < -0.4 is 10.1 Å². The molecule has 1 heterocycles. The van der Waals surface area contributed by atoms with E-state index >= 15 is 0 Å². The van der Waals surface area contributed by atoms with E-state index in [1.807, 2.05) is 24.3 Å². The van der Waals surface area contributed by atoms with Crippen LogP contribution in [-0.4, -0.2) is 13.2 Å². The zero-order valence-corrected chi connectivity index (χ0v) is 11.7. The molecule has 0 aliphatic rings. The first-order chi connectivity index (χ1) is 9.19. The molecule has 0 saturated carbocycles. The van der Waals surface area contributed by atoms with Crippen LogP contribution in [0, 0.1) is 0 Å². The van der Waals surface area contributed by atoms with Crippen molar-refractivity contribution >= 4 is 0 Å². The van der Waals surface area contributed by atoms with E-state index in [-0.39, 0.29) is 6.04 Å². The number of ether oxygens (including phenoxy) is 1. The van der Waals surface area contributed by atoms with E-state index in [4.69, 9.17) is 9.15 Å². The van der Waals surface area contributed by atoms with Crippen molar-refractivity contribution < 1.29 is 9.15 Å². The lowest BCUT2D eigenvalue weighted by Crippen LogP contribution is -2.30. The van der Waals surface area contributed by atoms with Crippen LogP contribution >= 0.6 is 0 Å². The molecule has 0 spiro atoms. The van der Waals surface area contributed by atoms with Crippen molar-refractivity contribution in [1.82, 2.24) is 5.32 Å². The molecule has 0 aliphatic carbocycles. The molecule has 2 aromatic rings. The number of benzene rings is 1. The highest BCUT2D eigenvalue weighted by molar-refractivity contribution is 5.27. The summed E-state index contributed by atoms with van der Waals surface area (Å²) in [5.74, 6) is 1.87. The Morgan fingerprint density at radius 1 is 1.16 bits per heavy atom. The van der Waals surface area contributed by atoms with Gasteiger partial charge in [-0.3, -0.25) is 0 Å².